The van der Waals surface area contributed by atoms with Crippen molar-refractivity contribution in [3.63, 3.8) is 0 Å². The van der Waals surface area contributed by atoms with Crippen LogP contribution in [0, 0.1) is 107 Å². The molecule has 0 saturated heterocycles. The summed E-state index contributed by atoms with van der Waals surface area (Å²) in [7, 11) is 0. The fourth-order valence-corrected chi connectivity index (χ4v) is 14.1. The number of rotatable bonds is 24. The van der Waals surface area contributed by atoms with E-state index in [9.17, 15) is 9.90 Å². The molecule has 1 N–H and O–H groups in total. The molecule has 4 aliphatic carbocycles. The molecule has 13 atom stereocenters. The van der Waals surface area contributed by atoms with Crippen molar-refractivity contribution < 1.29 is 9.90 Å². The van der Waals surface area contributed by atoms with Gasteiger partial charge in [-0.25, -0.2) is 0 Å². The van der Waals surface area contributed by atoms with Gasteiger partial charge in [0.25, 0.3) is 0 Å². The number of terminal acetylenes is 2. The van der Waals surface area contributed by atoms with Gasteiger partial charge in [-0.2, -0.15) is 0 Å². The molecule has 6 unspecified atom stereocenters. The summed E-state index contributed by atoms with van der Waals surface area (Å²) in [5.41, 5.74) is -0.119. The molecule has 0 aromatic carbocycles. The summed E-state index contributed by atoms with van der Waals surface area (Å²) < 4.78 is 0. The highest BCUT2D eigenvalue weighted by Crippen LogP contribution is 2.64. The number of ketones is 1. The van der Waals surface area contributed by atoms with E-state index >= 15 is 0 Å². The van der Waals surface area contributed by atoms with E-state index in [1.165, 1.54) is 70.6 Å². The summed E-state index contributed by atoms with van der Waals surface area (Å²) in [5.74, 6) is 13.1. The second-order valence-corrected chi connectivity index (χ2v) is 22.7. The average molecular weight is 839 g/mol. The van der Waals surface area contributed by atoms with Crippen LogP contribution in [0.4, 0.5) is 0 Å². The van der Waals surface area contributed by atoms with Gasteiger partial charge in [0.05, 0.1) is 5.60 Å². The number of Topliss-reactive ketones (excluding diaryl/α,β-unsaturated/α-hetero) is 1. The Morgan fingerprint density at radius 3 is 1.72 bits per heavy atom. The van der Waals surface area contributed by atoms with Gasteiger partial charge in [0.1, 0.15) is 5.78 Å². The first-order valence-corrected chi connectivity index (χ1v) is 26.1. The number of hydrogen-bond acceptors (Lipinski definition) is 2. The van der Waals surface area contributed by atoms with Crippen LogP contribution in [-0.2, 0) is 4.79 Å². The Balaban J connectivity index is 0.000000327. The molecule has 61 heavy (non-hydrogen) atoms. The molecule has 0 spiro atoms. The van der Waals surface area contributed by atoms with Crippen molar-refractivity contribution in [2.24, 2.45) is 81.8 Å². The minimum atomic E-state index is -0.623. The maximum atomic E-state index is 13.5. The van der Waals surface area contributed by atoms with Gasteiger partial charge < -0.3 is 5.11 Å². The van der Waals surface area contributed by atoms with Crippen LogP contribution in [0.5, 0.6) is 0 Å². The molecule has 2 nitrogen and oxygen atoms in total. The van der Waals surface area contributed by atoms with E-state index in [4.69, 9.17) is 12.8 Å². The third-order valence-electron chi connectivity index (χ3n) is 17.5. The van der Waals surface area contributed by atoms with Crippen LogP contribution in [0.1, 0.15) is 217 Å². The normalized spacial score (nSPS) is 33.1. The lowest BCUT2D eigenvalue weighted by molar-refractivity contribution is -0.150. The average Bonchev–Trinajstić information content (AvgIpc) is 3.75. The minimum Gasteiger partial charge on any atom is -0.389 e. The largest absolute Gasteiger partial charge is 0.389 e. The van der Waals surface area contributed by atoms with Crippen LogP contribution in [0.15, 0.2) is 37.0 Å². The summed E-state index contributed by atoms with van der Waals surface area (Å²) in [6.45, 7) is 27.6. The van der Waals surface area contributed by atoms with E-state index in [0.29, 0.717) is 35.4 Å². The van der Waals surface area contributed by atoms with E-state index in [-0.39, 0.29) is 16.7 Å². The summed E-state index contributed by atoms with van der Waals surface area (Å²) >= 11 is 0. The van der Waals surface area contributed by atoms with Crippen LogP contribution in [-0.4, -0.2) is 16.5 Å². The monoisotopic (exact) mass is 839 g/mol. The third-order valence-corrected chi connectivity index (χ3v) is 17.5. The lowest BCUT2D eigenvalue weighted by Crippen LogP contribution is -2.55. The number of aliphatic hydroxyl groups is 1. The van der Waals surface area contributed by atoms with Crippen LogP contribution in [0.3, 0.4) is 0 Å². The van der Waals surface area contributed by atoms with E-state index in [1.807, 2.05) is 6.08 Å². The van der Waals surface area contributed by atoms with Crippen LogP contribution in [0.25, 0.3) is 0 Å². The zero-order valence-corrected chi connectivity index (χ0v) is 41.8. The number of carbonyl (C=O) groups excluding carboxylic acids is 1. The molecule has 0 aromatic rings. The second-order valence-electron chi connectivity index (χ2n) is 22.7. The summed E-state index contributed by atoms with van der Waals surface area (Å²) in [6, 6.07) is 0. The van der Waals surface area contributed by atoms with Crippen molar-refractivity contribution in [3.8, 4) is 24.7 Å². The van der Waals surface area contributed by atoms with E-state index in [0.717, 1.165) is 113 Å². The van der Waals surface area contributed by atoms with Crippen molar-refractivity contribution in [1.82, 2.24) is 0 Å². The summed E-state index contributed by atoms with van der Waals surface area (Å²) in [4.78, 5) is 13.5. The van der Waals surface area contributed by atoms with Crippen LogP contribution < -0.4 is 0 Å². The van der Waals surface area contributed by atoms with Gasteiger partial charge in [0.15, 0.2) is 0 Å². The SMILES string of the molecule is C#CCC(C/C=C\CC)CC1CC[C@@]2(C)C(CC[C@@H]2[C@H](C)CCCC(C)C)C1=O.C#CCC(C/C=C\CC)CC1CC[C@@]2(C)C(CC[C@@H]2[C@H](C)CCCC(C)C)[C@]1(O)CC=C. The van der Waals surface area contributed by atoms with Crippen molar-refractivity contribution in [3.05, 3.63) is 37.0 Å². The molecule has 0 bridgehead atoms. The highest BCUT2D eigenvalue weighted by Gasteiger charge is 2.60. The molecule has 346 valence electrons. The topological polar surface area (TPSA) is 37.3 Å². The maximum Gasteiger partial charge on any atom is 0.139 e. The van der Waals surface area contributed by atoms with Crippen LogP contribution >= 0.6 is 0 Å². The molecule has 4 saturated carbocycles. The highest BCUT2D eigenvalue weighted by atomic mass is 16.3. The van der Waals surface area contributed by atoms with E-state index < -0.39 is 5.60 Å². The molecular formula is C59H98O2. The first kappa shape index (κ1) is 53.3. The molecule has 0 heterocycles. The van der Waals surface area contributed by atoms with Crippen molar-refractivity contribution in [2.45, 2.75) is 223 Å². The van der Waals surface area contributed by atoms with Gasteiger partial charge >= 0.3 is 0 Å². The number of allylic oxidation sites excluding steroid dienone is 4. The van der Waals surface area contributed by atoms with E-state index in [2.05, 4.69) is 112 Å². The smallest absolute Gasteiger partial charge is 0.139 e. The first-order chi connectivity index (χ1) is 29.1. The third kappa shape index (κ3) is 14.5. The molecule has 0 aliphatic heterocycles. The molecular weight excluding hydrogens is 741 g/mol. The fraction of sp³-hybridized carbons (Fsp3) is 0.814. The van der Waals surface area contributed by atoms with Crippen molar-refractivity contribution >= 4 is 5.78 Å². The van der Waals surface area contributed by atoms with Gasteiger partial charge in [-0.05, 0) is 166 Å². The number of hydrogen-bond donors (Lipinski definition) is 1. The van der Waals surface area contributed by atoms with Crippen LogP contribution in [0.2, 0.25) is 0 Å². The molecule has 4 fully saturated rings. The Bertz CT molecular complexity index is 1430. The summed E-state index contributed by atoms with van der Waals surface area (Å²) in [6.07, 6.45) is 48.5. The Morgan fingerprint density at radius 1 is 0.705 bits per heavy atom. The predicted molar refractivity (Wildman–Crippen MR) is 266 cm³/mol. The lowest BCUT2D eigenvalue weighted by Gasteiger charge is -2.55. The zero-order chi connectivity index (χ0) is 45.2. The Morgan fingerprint density at radius 2 is 1.21 bits per heavy atom. The number of fused-ring (bicyclic) bond motifs is 2. The molecule has 2 heteroatoms. The van der Waals surface area contributed by atoms with Crippen molar-refractivity contribution in [2.75, 3.05) is 0 Å². The Kier molecular flexibility index (Phi) is 22.8. The molecule has 0 amide bonds. The first-order valence-electron chi connectivity index (χ1n) is 26.1. The van der Waals surface area contributed by atoms with Gasteiger partial charge in [-0.15, -0.1) is 31.3 Å². The van der Waals surface area contributed by atoms with Crippen molar-refractivity contribution in [1.29, 1.82) is 0 Å². The molecule has 4 rings (SSSR count). The standard InChI is InChI=1S/C31H52O.C28H46O/c1-8-11-12-17-26(14-9-2)23-27-20-22-30(7)28(25(6)16-13-15-24(4)5)18-19-29(30)31(27,32)21-10-3;1-7-9-10-15-23(12-8-2)20-24-18-19-28(6)25(16-17-26(28)27(24)29)22(5)14-11-13-21(3)4/h2,10-12,24-29,32H,3,8,13-23H2,1,4-7H3;2,9-10,21-26H,7,11-20H2,1,3-6H3/b12-11-;10-9-/t25-,26?,27?,28-,29?,30-,31+;22-,23?,24?,25-,26?,28-/m11/s1. The van der Waals surface area contributed by atoms with Gasteiger partial charge in [0, 0.05) is 24.7 Å². The lowest BCUT2D eigenvalue weighted by atomic mass is 9.52. The van der Waals surface area contributed by atoms with E-state index in [1.54, 1.807) is 0 Å². The summed E-state index contributed by atoms with van der Waals surface area (Å²) in [5, 5.41) is 12.3. The quantitative estimate of drug-likeness (QED) is 0.0777. The minimum absolute atomic E-state index is 0.245. The molecule has 0 radical (unpaired) electrons. The fourth-order valence-electron chi connectivity index (χ4n) is 14.1. The Hall–Kier alpha value is -2.03. The maximum absolute atomic E-state index is 13.5. The molecule has 4 aliphatic rings. The van der Waals surface area contributed by atoms with Gasteiger partial charge in [0.2, 0.25) is 0 Å². The highest BCUT2D eigenvalue weighted by molar-refractivity contribution is 5.85. The zero-order valence-electron chi connectivity index (χ0n) is 41.8. The predicted octanol–water partition coefficient (Wildman–Crippen LogP) is 16.4. The van der Waals surface area contributed by atoms with Gasteiger partial charge in [-0.1, -0.05) is 138 Å². The van der Waals surface area contributed by atoms with Gasteiger partial charge in [-0.3, -0.25) is 4.79 Å². The number of carbonyl (C=O) groups is 1. The molecule has 0 aromatic heterocycles. The Labute approximate surface area is 380 Å². The second kappa shape index (κ2) is 26.1.